The van der Waals surface area contributed by atoms with Gasteiger partial charge >= 0.3 is 0 Å². The number of benzene rings is 1. The molecule has 0 saturated heterocycles. The number of aliphatic hydroxyl groups excluding tert-OH is 1. The average Bonchev–Trinajstić information content (AvgIpc) is 2.24. The molecular weight excluding hydrogens is 275 g/mol. The lowest BCUT2D eigenvalue weighted by molar-refractivity contribution is 0.0709. The molecule has 1 atom stereocenters. The normalized spacial score (nSPS) is 13.2. The molecular formula is C12H16Cl2N2O2. The molecule has 0 aromatic heterocycles. The van der Waals surface area contributed by atoms with Crippen LogP contribution in [0.3, 0.4) is 0 Å². The smallest absolute Gasteiger partial charge is 0.251 e. The van der Waals surface area contributed by atoms with Crippen LogP contribution in [0.15, 0.2) is 12.1 Å². The van der Waals surface area contributed by atoms with E-state index in [2.05, 4.69) is 5.32 Å². The molecule has 0 aliphatic rings. The van der Waals surface area contributed by atoms with Crippen LogP contribution >= 0.6 is 23.2 Å². The van der Waals surface area contributed by atoms with Gasteiger partial charge in [0, 0.05) is 5.56 Å². The van der Waals surface area contributed by atoms with Gasteiger partial charge in [-0.05, 0) is 32.9 Å². The fourth-order valence-electron chi connectivity index (χ4n) is 1.21. The van der Waals surface area contributed by atoms with Gasteiger partial charge in [-0.25, -0.2) is 0 Å². The Balaban J connectivity index is 2.99. The quantitative estimate of drug-likeness (QED) is 0.749. The Morgan fingerprint density at radius 2 is 2.00 bits per heavy atom. The summed E-state index contributed by atoms with van der Waals surface area (Å²) in [7, 11) is 0. The van der Waals surface area contributed by atoms with Crippen LogP contribution in [0, 0.1) is 0 Å². The highest BCUT2D eigenvalue weighted by atomic mass is 35.5. The van der Waals surface area contributed by atoms with Crippen LogP contribution in [0.4, 0.5) is 5.69 Å². The molecule has 0 aliphatic carbocycles. The zero-order valence-electron chi connectivity index (χ0n) is 10.4. The summed E-state index contributed by atoms with van der Waals surface area (Å²) in [6.45, 7) is 5.04. The molecule has 1 amide bonds. The fourth-order valence-corrected chi connectivity index (χ4v) is 1.55. The van der Waals surface area contributed by atoms with Crippen LogP contribution in [-0.4, -0.2) is 22.7 Å². The molecule has 1 unspecified atom stereocenters. The summed E-state index contributed by atoms with van der Waals surface area (Å²) in [4.78, 5) is 12.0. The second-order valence-electron chi connectivity index (χ2n) is 4.71. The molecule has 1 rings (SSSR count). The first-order valence-electron chi connectivity index (χ1n) is 5.40. The molecule has 0 spiro atoms. The minimum atomic E-state index is -0.752. The lowest BCUT2D eigenvalue weighted by atomic mass is 9.98. The van der Waals surface area contributed by atoms with Crippen LogP contribution in [0.25, 0.3) is 0 Å². The molecule has 1 aromatic carbocycles. The SMILES string of the molecule is CC(O)C(C)(C)NC(=O)c1cc(N)c(Cl)c(Cl)c1. The summed E-state index contributed by atoms with van der Waals surface area (Å²) in [5.74, 6) is -0.369. The molecule has 6 heteroatoms. The first-order chi connectivity index (χ1) is 8.15. The van der Waals surface area contributed by atoms with Crippen LogP contribution in [-0.2, 0) is 0 Å². The molecule has 0 fully saturated rings. The third-order valence-corrected chi connectivity index (χ3v) is 3.62. The molecule has 18 heavy (non-hydrogen) atoms. The highest BCUT2D eigenvalue weighted by Gasteiger charge is 2.26. The van der Waals surface area contributed by atoms with Crippen molar-refractivity contribution in [2.45, 2.75) is 32.4 Å². The molecule has 4 N–H and O–H groups in total. The van der Waals surface area contributed by atoms with E-state index < -0.39 is 11.6 Å². The number of nitrogens with one attached hydrogen (secondary N) is 1. The van der Waals surface area contributed by atoms with Crippen molar-refractivity contribution in [3.05, 3.63) is 27.7 Å². The number of halogens is 2. The monoisotopic (exact) mass is 290 g/mol. The molecule has 0 bridgehead atoms. The van der Waals surface area contributed by atoms with Gasteiger partial charge in [0.15, 0.2) is 0 Å². The number of hydrogen-bond acceptors (Lipinski definition) is 3. The summed E-state index contributed by atoms with van der Waals surface area (Å²) in [6, 6.07) is 2.88. The van der Waals surface area contributed by atoms with Gasteiger partial charge in [-0.3, -0.25) is 4.79 Å². The van der Waals surface area contributed by atoms with Crippen molar-refractivity contribution in [1.82, 2.24) is 5.32 Å². The Kier molecular flexibility index (Phi) is 4.48. The largest absolute Gasteiger partial charge is 0.397 e. The van der Waals surface area contributed by atoms with E-state index in [0.717, 1.165) is 0 Å². The van der Waals surface area contributed by atoms with Gasteiger partial charge in [-0.2, -0.15) is 0 Å². The Hall–Kier alpha value is -0.970. The van der Waals surface area contributed by atoms with E-state index in [-0.39, 0.29) is 21.6 Å². The summed E-state index contributed by atoms with van der Waals surface area (Å²) in [6.07, 6.45) is -0.693. The van der Waals surface area contributed by atoms with E-state index in [4.69, 9.17) is 28.9 Å². The Morgan fingerprint density at radius 1 is 1.44 bits per heavy atom. The van der Waals surface area contributed by atoms with Gasteiger partial charge in [0.05, 0.1) is 27.4 Å². The first-order valence-corrected chi connectivity index (χ1v) is 6.16. The van der Waals surface area contributed by atoms with Crippen molar-refractivity contribution < 1.29 is 9.90 Å². The Bertz CT molecular complexity index is 450. The second kappa shape index (κ2) is 5.34. The number of carbonyl (C=O) groups is 1. The fraction of sp³-hybridized carbons (Fsp3) is 0.417. The maximum Gasteiger partial charge on any atom is 0.251 e. The molecule has 0 heterocycles. The molecule has 1 aromatic rings. The van der Waals surface area contributed by atoms with E-state index in [9.17, 15) is 9.90 Å². The second-order valence-corrected chi connectivity index (χ2v) is 5.50. The van der Waals surface area contributed by atoms with Crippen molar-refractivity contribution in [3.63, 3.8) is 0 Å². The molecule has 0 saturated carbocycles. The number of aliphatic hydroxyl groups is 1. The minimum Gasteiger partial charge on any atom is -0.397 e. The van der Waals surface area contributed by atoms with E-state index in [1.165, 1.54) is 12.1 Å². The third-order valence-electron chi connectivity index (χ3n) is 2.80. The summed E-state index contributed by atoms with van der Waals surface area (Å²) in [5.41, 5.74) is 5.43. The minimum absolute atomic E-state index is 0.219. The van der Waals surface area contributed by atoms with Crippen molar-refractivity contribution in [3.8, 4) is 0 Å². The summed E-state index contributed by atoms with van der Waals surface area (Å²) < 4.78 is 0. The highest BCUT2D eigenvalue weighted by molar-refractivity contribution is 6.43. The maximum atomic E-state index is 12.0. The topological polar surface area (TPSA) is 75.3 Å². The van der Waals surface area contributed by atoms with Crippen LogP contribution in [0.1, 0.15) is 31.1 Å². The van der Waals surface area contributed by atoms with E-state index in [1.807, 2.05) is 0 Å². The van der Waals surface area contributed by atoms with Gasteiger partial charge < -0.3 is 16.2 Å². The standard InChI is InChI=1S/C12H16Cl2N2O2/c1-6(17)12(2,3)16-11(18)7-4-8(13)10(14)9(15)5-7/h4-6,17H,15H2,1-3H3,(H,16,18). The van der Waals surface area contributed by atoms with E-state index >= 15 is 0 Å². The number of nitrogens with two attached hydrogens (primary N) is 1. The van der Waals surface area contributed by atoms with Gasteiger partial charge in [0.2, 0.25) is 0 Å². The summed E-state index contributed by atoms with van der Waals surface area (Å²) >= 11 is 11.7. The zero-order chi connectivity index (χ0) is 14.1. The molecule has 0 aliphatic heterocycles. The zero-order valence-corrected chi connectivity index (χ0v) is 11.9. The number of hydrogen-bond donors (Lipinski definition) is 3. The highest BCUT2D eigenvalue weighted by Crippen LogP contribution is 2.29. The number of nitrogen functional groups attached to an aromatic ring is 1. The van der Waals surface area contributed by atoms with Crippen molar-refractivity contribution in [2.75, 3.05) is 5.73 Å². The number of anilines is 1. The number of carbonyl (C=O) groups excluding carboxylic acids is 1. The average molecular weight is 291 g/mol. The van der Waals surface area contributed by atoms with Crippen molar-refractivity contribution in [1.29, 1.82) is 0 Å². The summed E-state index contributed by atoms with van der Waals surface area (Å²) in [5, 5.41) is 12.7. The van der Waals surface area contributed by atoms with Crippen LogP contribution in [0.2, 0.25) is 10.0 Å². The van der Waals surface area contributed by atoms with Gasteiger partial charge in [-0.15, -0.1) is 0 Å². The first kappa shape index (κ1) is 15.1. The van der Waals surface area contributed by atoms with Gasteiger partial charge in [0.1, 0.15) is 0 Å². The Labute approximate surface area is 116 Å². The molecule has 4 nitrogen and oxygen atoms in total. The molecule has 100 valence electrons. The Morgan fingerprint density at radius 3 is 2.44 bits per heavy atom. The van der Waals surface area contributed by atoms with Crippen LogP contribution in [0.5, 0.6) is 0 Å². The lowest BCUT2D eigenvalue weighted by Crippen LogP contribution is -2.51. The van der Waals surface area contributed by atoms with Gasteiger partial charge in [-0.1, -0.05) is 23.2 Å². The lowest BCUT2D eigenvalue weighted by Gasteiger charge is -2.29. The molecule has 0 radical (unpaired) electrons. The van der Waals surface area contributed by atoms with E-state index in [1.54, 1.807) is 20.8 Å². The van der Waals surface area contributed by atoms with Crippen LogP contribution < -0.4 is 11.1 Å². The predicted molar refractivity (Wildman–Crippen MR) is 74.1 cm³/mol. The number of amides is 1. The maximum absolute atomic E-state index is 12.0. The van der Waals surface area contributed by atoms with E-state index in [0.29, 0.717) is 5.56 Å². The third kappa shape index (κ3) is 3.28. The van der Waals surface area contributed by atoms with Crippen molar-refractivity contribution in [2.24, 2.45) is 0 Å². The van der Waals surface area contributed by atoms with Gasteiger partial charge in [0.25, 0.3) is 5.91 Å². The number of rotatable bonds is 3. The predicted octanol–water partition coefficient (Wildman–Crippen LogP) is 2.46. The van der Waals surface area contributed by atoms with Crippen molar-refractivity contribution >= 4 is 34.8 Å².